The molecule has 2 aromatic rings. The maximum atomic E-state index is 12.7. The van der Waals surface area contributed by atoms with E-state index in [1.807, 2.05) is 4.90 Å². The van der Waals surface area contributed by atoms with Crippen LogP contribution in [0.25, 0.3) is 0 Å². The highest BCUT2D eigenvalue weighted by atomic mass is 35.5. The van der Waals surface area contributed by atoms with Crippen molar-refractivity contribution in [1.82, 2.24) is 9.80 Å². The number of halogens is 2. The molecule has 0 atom stereocenters. The van der Waals surface area contributed by atoms with Crippen molar-refractivity contribution in [2.45, 2.75) is 6.54 Å². The summed E-state index contributed by atoms with van der Waals surface area (Å²) in [5.41, 5.74) is 3.09. The highest BCUT2D eigenvalue weighted by molar-refractivity contribution is 6.42. The Kier molecular flexibility index (Phi) is 6.07. The Labute approximate surface area is 164 Å². The Balaban J connectivity index is 1.63. The van der Waals surface area contributed by atoms with Crippen LogP contribution in [0, 0.1) is 0 Å². The molecular weight excluding hydrogens is 369 g/mol. The summed E-state index contributed by atoms with van der Waals surface area (Å²) < 4.78 is 0. The normalized spacial score (nSPS) is 14.8. The summed E-state index contributed by atoms with van der Waals surface area (Å²) in [4.78, 5) is 19.0. The number of carbonyl (C=O) groups excluding carboxylic acids is 1. The monoisotopic (exact) mass is 391 g/mol. The van der Waals surface area contributed by atoms with Crippen LogP contribution >= 0.6 is 23.2 Å². The molecule has 1 heterocycles. The number of carbonyl (C=O) groups is 1. The molecule has 6 heteroatoms. The van der Waals surface area contributed by atoms with Gasteiger partial charge in [0.05, 0.1) is 10.0 Å². The quantitative estimate of drug-likeness (QED) is 0.787. The second-order valence-electron chi connectivity index (χ2n) is 6.82. The van der Waals surface area contributed by atoms with E-state index in [2.05, 4.69) is 48.2 Å². The average Bonchev–Trinajstić information content (AvgIpc) is 2.63. The maximum absolute atomic E-state index is 12.7. The van der Waals surface area contributed by atoms with Crippen LogP contribution in [0.1, 0.15) is 15.9 Å². The fourth-order valence-electron chi connectivity index (χ4n) is 3.20. The molecule has 2 aromatic carbocycles. The number of hydrogen-bond acceptors (Lipinski definition) is 3. The zero-order valence-electron chi connectivity index (χ0n) is 15.1. The standard InChI is InChI=1S/C20H23Cl2N3O/c1-23(2)14-15-4-3-5-17(12-15)24-8-10-25(11-9-24)20(26)16-6-7-18(21)19(22)13-16/h3-7,12-13H,8-11,14H2,1-2H3. The van der Waals surface area contributed by atoms with E-state index in [9.17, 15) is 4.79 Å². The molecule has 0 spiro atoms. The van der Waals surface area contributed by atoms with E-state index in [-0.39, 0.29) is 5.91 Å². The van der Waals surface area contributed by atoms with Crippen LogP contribution in [-0.2, 0) is 6.54 Å². The number of hydrogen-bond donors (Lipinski definition) is 0. The van der Waals surface area contributed by atoms with Crippen LogP contribution in [0.3, 0.4) is 0 Å². The van der Waals surface area contributed by atoms with Crippen molar-refractivity contribution >= 4 is 34.8 Å². The van der Waals surface area contributed by atoms with Gasteiger partial charge in [0.2, 0.25) is 0 Å². The van der Waals surface area contributed by atoms with Gasteiger partial charge in [0.15, 0.2) is 0 Å². The van der Waals surface area contributed by atoms with Gasteiger partial charge in [-0.25, -0.2) is 0 Å². The van der Waals surface area contributed by atoms with Gasteiger partial charge >= 0.3 is 0 Å². The first-order chi connectivity index (χ1) is 12.4. The molecule has 0 bridgehead atoms. The van der Waals surface area contributed by atoms with E-state index in [0.29, 0.717) is 28.7 Å². The molecule has 26 heavy (non-hydrogen) atoms. The highest BCUT2D eigenvalue weighted by Crippen LogP contribution is 2.24. The Morgan fingerprint density at radius 3 is 2.38 bits per heavy atom. The first kappa shape index (κ1) is 19.0. The predicted octanol–water partition coefficient (Wildman–Crippen LogP) is 4.02. The van der Waals surface area contributed by atoms with Crippen LogP contribution in [-0.4, -0.2) is 56.0 Å². The molecule has 1 amide bonds. The Morgan fingerprint density at radius 2 is 1.73 bits per heavy atom. The summed E-state index contributed by atoms with van der Waals surface area (Å²) >= 11 is 12.0. The van der Waals surface area contributed by atoms with E-state index in [1.165, 1.54) is 11.3 Å². The molecule has 4 nitrogen and oxygen atoms in total. The van der Waals surface area contributed by atoms with Crippen molar-refractivity contribution in [2.75, 3.05) is 45.2 Å². The van der Waals surface area contributed by atoms with E-state index < -0.39 is 0 Å². The Morgan fingerprint density at radius 1 is 1.00 bits per heavy atom. The van der Waals surface area contributed by atoms with E-state index >= 15 is 0 Å². The summed E-state index contributed by atoms with van der Waals surface area (Å²) in [7, 11) is 4.14. The first-order valence-corrected chi connectivity index (χ1v) is 9.42. The largest absolute Gasteiger partial charge is 0.368 e. The van der Waals surface area contributed by atoms with E-state index in [0.717, 1.165) is 19.6 Å². The third-order valence-electron chi connectivity index (χ3n) is 4.51. The summed E-state index contributed by atoms with van der Waals surface area (Å²) in [6.07, 6.45) is 0. The number of nitrogens with zero attached hydrogens (tertiary/aromatic N) is 3. The topological polar surface area (TPSA) is 26.8 Å². The van der Waals surface area contributed by atoms with Crippen molar-refractivity contribution in [1.29, 1.82) is 0 Å². The van der Waals surface area contributed by atoms with Crippen molar-refractivity contribution in [3.8, 4) is 0 Å². The minimum Gasteiger partial charge on any atom is -0.368 e. The molecule has 0 radical (unpaired) electrons. The van der Waals surface area contributed by atoms with Gasteiger partial charge in [0.25, 0.3) is 5.91 Å². The van der Waals surface area contributed by atoms with E-state index in [4.69, 9.17) is 23.2 Å². The minimum absolute atomic E-state index is 0.00424. The third kappa shape index (κ3) is 4.50. The second-order valence-corrected chi connectivity index (χ2v) is 7.63. The SMILES string of the molecule is CN(C)Cc1cccc(N2CCN(C(=O)c3ccc(Cl)c(Cl)c3)CC2)c1. The lowest BCUT2D eigenvalue weighted by atomic mass is 10.1. The fraction of sp³-hybridized carbons (Fsp3) is 0.350. The van der Waals surface area contributed by atoms with Crippen molar-refractivity contribution in [3.05, 3.63) is 63.6 Å². The minimum atomic E-state index is 0.00424. The number of piperazine rings is 1. The van der Waals surface area contributed by atoms with Crippen LogP contribution in [0.4, 0.5) is 5.69 Å². The molecule has 0 unspecified atom stereocenters. The van der Waals surface area contributed by atoms with Crippen LogP contribution < -0.4 is 4.90 Å². The van der Waals surface area contributed by atoms with Crippen LogP contribution in [0.2, 0.25) is 10.0 Å². The molecule has 0 saturated carbocycles. The molecule has 0 aromatic heterocycles. The van der Waals surface area contributed by atoms with Gasteiger partial charge in [-0.2, -0.15) is 0 Å². The lowest BCUT2D eigenvalue weighted by Gasteiger charge is -2.36. The summed E-state index contributed by atoms with van der Waals surface area (Å²) in [6, 6.07) is 13.7. The number of amides is 1. The van der Waals surface area contributed by atoms with Crippen LogP contribution in [0.15, 0.2) is 42.5 Å². The second kappa shape index (κ2) is 8.30. The Bertz CT molecular complexity index is 786. The predicted molar refractivity (Wildman–Crippen MR) is 108 cm³/mol. The molecule has 1 aliphatic rings. The molecule has 1 aliphatic heterocycles. The van der Waals surface area contributed by atoms with Crippen molar-refractivity contribution < 1.29 is 4.79 Å². The molecule has 1 saturated heterocycles. The molecule has 1 fully saturated rings. The van der Waals surface area contributed by atoms with Gasteiger partial charge in [-0.05, 0) is 50.0 Å². The van der Waals surface area contributed by atoms with Gasteiger partial charge in [-0.15, -0.1) is 0 Å². The van der Waals surface area contributed by atoms with Gasteiger partial charge < -0.3 is 14.7 Å². The smallest absolute Gasteiger partial charge is 0.254 e. The zero-order chi connectivity index (χ0) is 18.7. The van der Waals surface area contributed by atoms with Gasteiger partial charge in [-0.3, -0.25) is 4.79 Å². The Hall–Kier alpha value is -1.75. The zero-order valence-corrected chi connectivity index (χ0v) is 16.6. The average molecular weight is 392 g/mol. The fourth-order valence-corrected chi connectivity index (χ4v) is 3.49. The number of rotatable bonds is 4. The molecule has 3 rings (SSSR count). The van der Waals surface area contributed by atoms with E-state index in [1.54, 1.807) is 18.2 Å². The van der Waals surface area contributed by atoms with Gasteiger partial charge in [-0.1, -0.05) is 35.3 Å². The number of benzene rings is 2. The lowest BCUT2D eigenvalue weighted by Crippen LogP contribution is -2.48. The summed E-state index contributed by atoms with van der Waals surface area (Å²) in [6.45, 7) is 3.94. The van der Waals surface area contributed by atoms with Gasteiger partial charge in [0, 0.05) is 44.0 Å². The lowest BCUT2D eigenvalue weighted by molar-refractivity contribution is 0.0747. The first-order valence-electron chi connectivity index (χ1n) is 8.67. The van der Waals surface area contributed by atoms with Gasteiger partial charge in [0.1, 0.15) is 0 Å². The van der Waals surface area contributed by atoms with Crippen molar-refractivity contribution in [3.63, 3.8) is 0 Å². The maximum Gasteiger partial charge on any atom is 0.254 e. The molecule has 138 valence electrons. The number of anilines is 1. The van der Waals surface area contributed by atoms with Crippen LogP contribution in [0.5, 0.6) is 0 Å². The third-order valence-corrected chi connectivity index (χ3v) is 5.25. The summed E-state index contributed by atoms with van der Waals surface area (Å²) in [5, 5.41) is 0.875. The van der Waals surface area contributed by atoms with Crippen molar-refractivity contribution in [2.24, 2.45) is 0 Å². The molecule has 0 N–H and O–H groups in total. The highest BCUT2D eigenvalue weighted by Gasteiger charge is 2.23. The molecule has 0 aliphatic carbocycles. The molecular formula is C20H23Cl2N3O. The summed E-state index contributed by atoms with van der Waals surface area (Å²) in [5.74, 6) is 0.00424.